The molecule has 2 aromatic carbocycles. The molecule has 0 aliphatic rings. The first kappa shape index (κ1) is 13.9. The van der Waals surface area contributed by atoms with E-state index < -0.39 is 0 Å². The average Bonchev–Trinajstić information content (AvgIpc) is 2.98. The largest absolute Gasteiger partial charge is 0.493 e. The molecule has 0 saturated carbocycles. The Morgan fingerprint density at radius 3 is 2.77 bits per heavy atom. The topological polar surface area (TPSA) is 61.7 Å². The Morgan fingerprint density at radius 2 is 2.00 bits per heavy atom. The fourth-order valence-corrected chi connectivity index (χ4v) is 2.28. The molecule has 1 heterocycles. The molecule has 4 nitrogen and oxygen atoms in total. The van der Waals surface area contributed by atoms with E-state index in [0.29, 0.717) is 18.0 Å². The summed E-state index contributed by atoms with van der Waals surface area (Å²) in [5.41, 5.74) is 3.10. The van der Waals surface area contributed by atoms with Crippen molar-refractivity contribution in [1.29, 1.82) is 5.26 Å². The van der Waals surface area contributed by atoms with Gasteiger partial charge in [-0.3, -0.25) is 0 Å². The Bertz CT molecular complexity index is 838. The summed E-state index contributed by atoms with van der Waals surface area (Å²) in [5.74, 6) is 1.32. The van der Waals surface area contributed by atoms with Gasteiger partial charge >= 0.3 is 0 Å². The maximum atomic E-state index is 9.47. The van der Waals surface area contributed by atoms with Crippen LogP contribution in [0.5, 0.6) is 5.75 Å². The number of hydrogen-bond acceptors (Lipinski definition) is 3. The standard InChI is InChI=1S/C18H15N3O/c1-2-22-17-10-6-3-7-13(17)11-14(12-19)18-20-15-8-4-5-9-16(15)21-18/h3-11H,2H2,1H3,(H,20,21)/b14-11-. The minimum Gasteiger partial charge on any atom is -0.493 e. The van der Waals surface area contributed by atoms with Gasteiger partial charge in [0.2, 0.25) is 0 Å². The number of fused-ring (bicyclic) bond motifs is 1. The normalized spacial score (nSPS) is 11.4. The molecule has 0 fully saturated rings. The molecule has 22 heavy (non-hydrogen) atoms. The second-order valence-electron chi connectivity index (χ2n) is 4.74. The molecule has 0 amide bonds. The molecule has 0 unspecified atom stereocenters. The van der Waals surface area contributed by atoms with E-state index in [-0.39, 0.29) is 0 Å². The highest BCUT2D eigenvalue weighted by molar-refractivity contribution is 5.91. The monoisotopic (exact) mass is 289 g/mol. The number of allylic oxidation sites excluding steroid dienone is 1. The molecule has 0 aliphatic carbocycles. The fraction of sp³-hybridized carbons (Fsp3) is 0.111. The molecule has 0 spiro atoms. The van der Waals surface area contributed by atoms with Crippen LogP contribution in [0.25, 0.3) is 22.7 Å². The zero-order valence-electron chi connectivity index (χ0n) is 12.2. The van der Waals surface area contributed by atoms with Gasteiger partial charge in [-0.05, 0) is 31.2 Å². The third-order valence-electron chi connectivity index (χ3n) is 3.28. The maximum Gasteiger partial charge on any atom is 0.149 e. The predicted molar refractivity (Wildman–Crippen MR) is 87.2 cm³/mol. The highest BCUT2D eigenvalue weighted by Gasteiger charge is 2.09. The van der Waals surface area contributed by atoms with E-state index in [9.17, 15) is 5.26 Å². The van der Waals surface area contributed by atoms with Gasteiger partial charge in [-0.1, -0.05) is 30.3 Å². The Hall–Kier alpha value is -3.06. The second kappa shape index (κ2) is 6.15. The van der Waals surface area contributed by atoms with Crippen LogP contribution in [0.4, 0.5) is 0 Å². The lowest BCUT2D eigenvalue weighted by atomic mass is 10.1. The number of nitriles is 1. The summed E-state index contributed by atoms with van der Waals surface area (Å²) < 4.78 is 5.59. The summed E-state index contributed by atoms with van der Waals surface area (Å²) in [6.45, 7) is 2.52. The predicted octanol–water partition coefficient (Wildman–Crippen LogP) is 4.03. The van der Waals surface area contributed by atoms with E-state index in [2.05, 4.69) is 16.0 Å². The number of nitrogens with zero attached hydrogens (tertiary/aromatic N) is 2. The number of hydrogen-bond donors (Lipinski definition) is 1. The van der Waals surface area contributed by atoms with E-state index in [0.717, 1.165) is 22.3 Å². The van der Waals surface area contributed by atoms with E-state index in [1.54, 1.807) is 6.08 Å². The number of benzene rings is 2. The van der Waals surface area contributed by atoms with Gasteiger partial charge in [0.25, 0.3) is 0 Å². The second-order valence-corrected chi connectivity index (χ2v) is 4.74. The lowest BCUT2D eigenvalue weighted by Gasteiger charge is -2.06. The molecule has 3 aromatic rings. The van der Waals surface area contributed by atoms with Crippen LogP contribution in [0.3, 0.4) is 0 Å². The van der Waals surface area contributed by atoms with Crippen molar-refractivity contribution >= 4 is 22.7 Å². The first-order valence-electron chi connectivity index (χ1n) is 7.10. The molecule has 0 bridgehead atoms. The van der Waals surface area contributed by atoms with Crippen molar-refractivity contribution in [1.82, 2.24) is 9.97 Å². The van der Waals surface area contributed by atoms with Crippen molar-refractivity contribution in [2.75, 3.05) is 6.61 Å². The summed E-state index contributed by atoms with van der Waals surface area (Å²) in [7, 11) is 0. The molecule has 108 valence electrons. The number of rotatable bonds is 4. The summed E-state index contributed by atoms with van der Waals surface area (Å²) in [6.07, 6.45) is 1.79. The minimum atomic E-state index is 0.475. The van der Waals surface area contributed by atoms with E-state index in [1.807, 2.05) is 55.5 Å². The smallest absolute Gasteiger partial charge is 0.149 e. The average molecular weight is 289 g/mol. The van der Waals surface area contributed by atoms with Gasteiger partial charge in [-0.15, -0.1) is 0 Å². The lowest BCUT2D eigenvalue weighted by Crippen LogP contribution is -1.94. The zero-order valence-corrected chi connectivity index (χ0v) is 12.2. The molecule has 4 heteroatoms. The van der Waals surface area contributed by atoms with E-state index in [4.69, 9.17) is 4.74 Å². The van der Waals surface area contributed by atoms with Crippen molar-refractivity contribution in [3.05, 3.63) is 59.9 Å². The van der Waals surface area contributed by atoms with Gasteiger partial charge in [0.05, 0.1) is 23.2 Å². The number of nitrogens with one attached hydrogen (secondary N) is 1. The Labute approximate surface area is 128 Å². The van der Waals surface area contributed by atoms with Crippen molar-refractivity contribution in [3.63, 3.8) is 0 Å². The van der Waals surface area contributed by atoms with Crippen LogP contribution >= 0.6 is 0 Å². The van der Waals surface area contributed by atoms with Crippen LogP contribution in [0, 0.1) is 11.3 Å². The summed E-state index contributed by atoms with van der Waals surface area (Å²) in [6, 6.07) is 17.6. The van der Waals surface area contributed by atoms with Crippen molar-refractivity contribution in [2.24, 2.45) is 0 Å². The molecular formula is C18H15N3O. The van der Waals surface area contributed by atoms with Crippen molar-refractivity contribution in [3.8, 4) is 11.8 Å². The fourth-order valence-electron chi connectivity index (χ4n) is 2.28. The van der Waals surface area contributed by atoms with Crippen LogP contribution in [-0.4, -0.2) is 16.6 Å². The first-order chi connectivity index (χ1) is 10.8. The zero-order chi connectivity index (χ0) is 15.4. The van der Waals surface area contributed by atoms with E-state index in [1.165, 1.54) is 0 Å². The SMILES string of the molecule is CCOc1ccccc1/C=C(/C#N)c1nc2ccccc2[nH]1. The summed E-state index contributed by atoms with van der Waals surface area (Å²) in [5, 5.41) is 9.47. The van der Waals surface area contributed by atoms with Crippen molar-refractivity contribution in [2.45, 2.75) is 6.92 Å². The van der Waals surface area contributed by atoms with Crippen molar-refractivity contribution < 1.29 is 4.74 Å². The lowest BCUT2D eigenvalue weighted by molar-refractivity contribution is 0.339. The number of H-pyrrole nitrogens is 1. The quantitative estimate of drug-likeness (QED) is 0.738. The molecule has 3 rings (SSSR count). The Balaban J connectivity index is 2.06. The van der Waals surface area contributed by atoms with E-state index >= 15 is 0 Å². The van der Waals surface area contributed by atoms with Gasteiger partial charge in [0, 0.05) is 5.56 Å². The molecular weight excluding hydrogens is 274 g/mol. The van der Waals surface area contributed by atoms with Gasteiger partial charge in [0.15, 0.2) is 0 Å². The summed E-state index contributed by atoms with van der Waals surface area (Å²) in [4.78, 5) is 7.64. The molecule has 0 saturated heterocycles. The molecule has 0 aliphatic heterocycles. The number of aromatic nitrogens is 2. The van der Waals surface area contributed by atoms with Crippen LogP contribution in [-0.2, 0) is 0 Å². The van der Waals surface area contributed by atoms with Crippen LogP contribution < -0.4 is 4.74 Å². The first-order valence-corrected chi connectivity index (χ1v) is 7.10. The summed E-state index contributed by atoms with van der Waals surface area (Å²) >= 11 is 0. The van der Waals surface area contributed by atoms with Crippen LogP contribution in [0.1, 0.15) is 18.3 Å². The molecule has 1 aromatic heterocycles. The van der Waals surface area contributed by atoms with Gasteiger partial charge < -0.3 is 9.72 Å². The third-order valence-corrected chi connectivity index (χ3v) is 3.28. The van der Waals surface area contributed by atoms with Gasteiger partial charge in [-0.25, -0.2) is 4.98 Å². The Kier molecular flexibility index (Phi) is 3.88. The molecule has 1 N–H and O–H groups in total. The minimum absolute atomic E-state index is 0.475. The number of imidazole rings is 1. The van der Waals surface area contributed by atoms with Crippen LogP contribution in [0.2, 0.25) is 0 Å². The Morgan fingerprint density at radius 1 is 1.23 bits per heavy atom. The highest BCUT2D eigenvalue weighted by Crippen LogP contribution is 2.24. The molecule has 0 atom stereocenters. The highest BCUT2D eigenvalue weighted by atomic mass is 16.5. The number of para-hydroxylation sites is 3. The maximum absolute atomic E-state index is 9.47. The molecule has 0 radical (unpaired) electrons. The van der Waals surface area contributed by atoms with Gasteiger partial charge in [0.1, 0.15) is 17.6 Å². The number of ether oxygens (including phenoxy) is 1. The number of aromatic amines is 1. The third kappa shape index (κ3) is 2.70. The van der Waals surface area contributed by atoms with Crippen LogP contribution in [0.15, 0.2) is 48.5 Å². The van der Waals surface area contributed by atoms with Gasteiger partial charge in [-0.2, -0.15) is 5.26 Å².